The van der Waals surface area contributed by atoms with Crippen molar-refractivity contribution in [3.05, 3.63) is 66.0 Å². The van der Waals surface area contributed by atoms with E-state index in [0.29, 0.717) is 35.5 Å². The molecule has 8 nitrogen and oxygen atoms in total. The summed E-state index contributed by atoms with van der Waals surface area (Å²) in [4.78, 5) is 37.9. The third-order valence-corrected chi connectivity index (χ3v) is 8.24. The number of imide groups is 1. The first-order valence-corrected chi connectivity index (χ1v) is 13.4. The normalized spacial score (nSPS) is 19.1. The highest BCUT2D eigenvalue weighted by Crippen LogP contribution is 2.53. The van der Waals surface area contributed by atoms with E-state index >= 15 is 0 Å². The lowest BCUT2D eigenvalue weighted by Gasteiger charge is -2.29. The van der Waals surface area contributed by atoms with Gasteiger partial charge in [-0.3, -0.25) is 20.0 Å². The van der Waals surface area contributed by atoms with Gasteiger partial charge in [0.05, 0.1) is 16.8 Å². The van der Waals surface area contributed by atoms with Crippen molar-refractivity contribution >= 4 is 17.8 Å². The van der Waals surface area contributed by atoms with Crippen LogP contribution in [0.3, 0.4) is 0 Å². The van der Waals surface area contributed by atoms with Gasteiger partial charge in [-0.15, -0.1) is 0 Å². The van der Waals surface area contributed by atoms with E-state index < -0.39 is 6.03 Å². The topological polar surface area (TPSA) is 87.7 Å². The molecule has 8 heteroatoms. The van der Waals surface area contributed by atoms with E-state index in [1.165, 1.54) is 23.3 Å². The van der Waals surface area contributed by atoms with Crippen LogP contribution in [0.4, 0.5) is 10.6 Å². The number of ether oxygens (including phenoxy) is 1. The summed E-state index contributed by atoms with van der Waals surface area (Å²) in [6.07, 6.45) is 6.68. The van der Waals surface area contributed by atoms with Gasteiger partial charge in [0.15, 0.2) is 0 Å². The van der Waals surface area contributed by atoms with Crippen LogP contribution in [0.15, 0.2) is 54.7 Å². The van der Waals surface area contributed by atoms with Crippen molar-refractivity contribution < 1.29 is 14.3 Å². The minimum Gasteiger partial charge on any atom is -0.455 e. The van der Waals surface area contributed by atoms with E-state index in [1.807, 2.05) is 19.1 Å². The monoisotopic (exact) mass is 511 g/mol. The van der Waals surface area contributed by atoms with Crippen molar-refractivity contribution in [2.75, 3.05) is 32.0 Å². The molecule has 6 rings (SSSR count). The Kier molecular flexibility index (Phi) is 6.35. The maximum absolute atomic E-state index is 12.6. The Morgan fingerprint density at radius 1 is 1.03 bits per heavy atom. The van der Waals surface area contributed by atoms with Gasteiger partial charge in [0, 0.05) is 24.4 Å². The molecule has 3 fully saturated rings. The first kappa shape index (κ1) is 24.6. The lowest BCUT2D eigenvalue weighted by Crippen LogP contribution is -2.37. The highest BCUT2D eigenvalue weighted by molar-refractivity contribution is 6.05. The number of nitrogens with one attached hydrogen (secondary N) is 1. The van der Waals surface area contributed by atoms with Crippen molar-refractivity contribution in [3.63, 3.8) is 0 Å². The molecule has 196 valence electrons. The molecule has 1 aromatic carbocycles. The quantitative estimate of drug-likeness (QED) is 0.480. The predicted octanol–water partition coefficient (Wildman–Crippen LogP) is 5.60. The van der Waals surface area contributed by atoms with Gasteiger partial charge in [-0.2, -0.15) is 0 Å². The minimum absolute atomic E-state index is 0.0587. The predicted molar refractivity (Wildman–Crippen MR) is 145 cm³/mol. The third-order valence-electron chi connectivity index (χ3n) is 8.24. The number of carbonyl (C=O) groups is 2. The van der Waals surface area contributed by atoms with Crippen molar-refractivity contribution in [1.82, 2.24) is 19.8 Å². The van der Waals surface area contributed by atoms with E-state index in [9.17, 15) is 9.59 Å². The van der Waals surface area contributed by atoms with Crippen LogP contribution in [0, 0.1) is 12.3 Å². The van der Waals surface area contributed by atoms with Crippen LogP contribution in [-0.2, 0) is 4.79 Å². The molecular formula is C30H33N5O3. The van der Waals surface area contributed by atoms with E-state index in [2.05, 4.69) is 51.5 Å². The average Bonchev–Trinajstić information content (AvgIpc) is 3.65. The number of benzene rings is 1. The minimum atomic E-state index is -0.417. The van der Waals surface area contributed by atoms with Gasteiger partial charge in [0.25, 0.3) is 0 Å². The first-order chi connectivity index (χ1) is 18.4. The van der Waals surface area contributed by atoms with Crippen LogP contribution in [0.5, 0.6) is 11.5 Å². The highest BCUT2D eigenvalue weighted by Gasteiger charge is 2.56. The van der Waals surface area contributed by atoms with Crippen LogP contribution in [-0.4, -0.2) is 58.4 Å². The second-order valence-electron chi connectivity index (χ2n) is 10.9. The Labute approximate surface area is 223 Å². The molecule has 4 heterocycles. The van der Waals surface area contributed by atoms with Gasteiger partial charge in [-0.25, -0.2) is 9.78 Å². The number of aryl methyl sites for hydroxylation is 1. The molecule has 0 bridgehead atoms. The standard InChI is InChI=1S/C30H33N5O3/c1-20-26(7-8-27(32-20)33-29(37)35-18-14-30(12-13-30)28(35)36)38-24-9-15-31-25(19-24)23-5-3-21(4-6-23)22-10-16-34(2)17-11-22/h3-9,15,19,22H,10-14,16-18H2,1-2H3,(H,32,33,37). The molecule has 1 N–H and O–H groups in total. The SMILES string of the molecule is Cc1nc(NC(=O)N2CCC3(CC3)C2=O)ccc1Oc1ccnc(-c2ccc(C3CCN(C)CC3)cc2)c1. The number of aromatic nitrogens is 2. The molecule has 3 aliphatic rings. The second-order valence-corrected chi connectivity index (χ2v) is 10.9. The Morgan fingerprint density at radius 3 is 2.47 bits per heavy atom. The Morgan fingerprint density at radius 2 is 1.79 bits per heavy atom. The van der Waals surface area contributed by atoms with Gasteiger partial charge in [0.1, 0.15) is 17.3 Å². The summed E-state index contributed by atoms with van der Waals surface area (Å²) in [5, 5.41) is 2.76. The van der Waals surface area contributed by atoms with E-state index in [4.69, 9.17) is 4.74 Å². The third kappa shape index (κ3) is 4.88. The zero-order valence-electron chi connectivity index (χ0n) is 21.9. The lowest BCUT2D eigenvalue weighted by molar-refractivity contribution is -0.129. The van der Waals surface area contributed by atoms with Crippen LogP contribution in [0.25, 0.3) is 11.3 Å². The Bertz CT molecular complexity index is 1360. The Balaban J connectivity index is 1.10. The largest absolute Gasteiger partial charge is 0.455 e. The van der Waals surface area contributed by atoms with Gasteiger partial charge in [-0.05, 0) is 88.8 Å². The number of hydrogen-bond donors (Lipinski definition) is 1. The maximum atomic E-state index is 12.6. The van der Waals surface area contributed by atoms with Crippen molar-refractivity contribution in [1.29, 1.82) is 0 Å². The molecule has 1 spiro atoms. The fraction of sp³-hybridized carbons (Fsp3) is 0.400. The number of hydrogen-bond acceptors (Lipinski definition) is 6. The van der Waals surface area contributed by atoms with E-state index in [0.717, 1.165) is 43.6 Å². The lowest BCUT2D eigenvalue weighted by atomic mass is 9.89. The summed E-state index contributed by atoms with van der Waals surface area (Å²) in [6, 6.07) is 15.5. The molecule has 0 unspecified atom stereocenters. The molecule has 1 aliphatic carbocycles. The summed E-state index contributed by atoms with van der Waals surface area (Å²) < 4.78 is 6.13. The second kappa shape index (κ2) is 9.83. The molecule has 1 saturated carbocycles. The van der Waals surface area contributed by atoms with Crippen LogP contribution in [0.1, 0.15) is 49.3 Å². The summed E-state index contributed by atoms with van der Waals surface area (Å²) in [5.41, 5.74) is 3.65. The molecule has 2 aliphatic heterocycles. The molecular weight excluding hydrogens is 478 g/mol. The highest BCUT2D eigenvalue weighted by atomic mass is 16.5. The Hall–Kier alpha value is -3.78. The summed E-state index contributed by atoms with van der Waals surface area (Å²) in [5.74, 6) is 2.21. The molecule has 2 aromatic heterocycles. The number of anilines is 1. The number of pyridine rings is 2. The summed E-state index contributed by atoms with van der Waals surface area (Å²) in [6.45, 7) is 4.59. The molecule has 3 aromatic rings. The summed E-state index contributed by atoms with van der Waals surface area (Å²) >= 11 is 0. The number of nitrogens with zero attached hydrogens (tertiary/aromatic N) is 4. The van der Waals surface area contributed by atoms with Crippen LogP contribution in [0.2, 0.25) is 0 Å². The smallest absolute Gasteiger partial charge is 0.329 e. The van der Waals surface area contributed by atoms with Crippen molar-refractivity contribution in [3.8, 4) is 22.8 Å². The number of amides is 3. The van der Waals surface area contributed by atoms with Crippen LogP contribution < -0.4 is 10.1 Å². The zero-order chi connectivity index (χ0) is 26.3. The first-order valence-electron chi connectivity index (χ1n) is 13.4. The molecule has 3 amide bonds. The number of likely N-dealkylation sites (tertiary alicyclic amines) is 2. The van der Waals surface area contributed by atoms with Gasteiger partial charge in [-0.1, -0.05) is 24.3 Å². The molecule has 0 radical (unpaired) electrons. The van der Waals surface area contributed by atoms with Gasteiger partial charge >= 0.3 is 6.03 Å². The molecule has 0 atom stereocenters. The van der Waals surface area contributed by atoms with Crippen molar-refractivity contribution in [2.24, 2.45) is 5.41 Å². The van der Waals surface area contributed by atoms with Gasteiger partial charge in [0.2, 0.25) is 5.91 Å². The van der Waals surface area contributed by atoms with E-state index in [-0.39, 0.29) is 11.3 Å². The fourth-order valence-corrected chi connectivity index (χ4v) is 5.56. The fourth-order valence-electron chi connectivity index (χ4n) is 5.56. The van der Waals surface area contributed by atoms with Gasteiger partial charge < -0.3 is 9.64 Å². The summed E-state index contributed by atoms with van der Waals surface area (Å²) in [7, 11) is 2.19. The van der Waals surface area contributed by atoms with Crippen molar-refractivity contribution in [2.45, 2.75) is 44.9 Å². The number of piperidine rings is 1. The molecule has 38 heavy (non-hydrogen) atoms. The molecule has 2 saturated heterocycles. The van der Waals surface area contributed by atoms with Crippen LogP contribution >= 0.6 is 0 Å². The van der Waals surface area contributed by atoms with E-state index in [1.54, 1.807) is 18.3 Å². The zero-order valence-corrected chi connectivity index (χ0v) is 21.9. The maximum Gasteiger partial charge on any atom is 0.329 e. The number of carbonyl (C=O) groups excluding carboxylic acids is 2. The average molecular weight is 512 g/mol. The number of urea groups is 1. The number of rotatable bonds is 5.